The summed E-state index contributed by atoms with van der Waals surface area (Å²) in [6, 6.07) is 25.1. The van der Waals surface area contributed by atoms with Crippen LogP contribution in [-0.4, -0.2) is 18.0 Å². The van der Waals surface area contributed by atoms with Crippen LogP contribution in [0.1, 0.15) is 29.3 Å². The SMILES string of the molecule is CCC(=O)Nc1ccc(C(=O)NN=Cc2c3ccccc3cc3ccccc23)cc1. The van der Waals surface area contributed by atoms with Gasteiger partial charge in [-0.05, 0) is 51.9 Å². The molecule has 0 aliphatic heterocycles. The number of carbonyl (C=O) groups excluding carboxylic acids is 2. The maximum atomic E-state index is 12.4. The van der Waals surface area contributed by atoms with Crippen molar-refractivity contribution in [2.45, 2.75) is 13.3 Å². The highest BCUT2D eigenvalue weighted by atomic mass is 16.2. The molecule has 30 heavy (non-hydrogen) atoms. The molecule has 2 amide bonds. The second-order valence-electron chi connectivity index (χ2n) is 6.91. The first-order valence-electron chi connectivity index (χ1n) is 9.79. The van der Waals surface area contributed by atoms with Crippen molar-refractivity contribution >= 4 is 45.3 Å². The molecule has 0 radical (unpaired) electrons. The highest BCUT2D eigenvalue weighted by Gasteiger charge is 2.07. The summed E-state index contributed by atoms with van der Waals surface area (Å²) >= 11 is 0. The van der Waals surface area contributed by atoms with E-state index < -0.39 is 0 Å². The fraction of sp³-hybridized carbons (Fsp3) is 0.0800. The summed E-state index contributed by atoms with van der Waals surface area (Å²) in [5, 5.41) is 11.4. The standard InChI is InChI=1S/C25H21N3O2/c1-2-24(29)27-20-13-11-17(12-14-20)25(30)28-26-16-23-21-9-5-3-7-18(21)15-19-8-4-6-10-22(19)23/h3-16H,2H2,1H3,(H,27,29)(H,28,30). The van der Waals surface area contributed by atoms with E-state index in [4.69, 9.17) is 0 Å². The van der Waals surface area contributed by atoms with E-state index in [1.165, 1.54) is 0 Å². The molecular formula is C25H21N3O2. The third kappa shape index (κ3) is 4.05. The summed E-state index contributed by atoms with van der Waals surface area (Å²) in [6.07, 6.45) is 2.10. The number of fused-ring (bicyclic) bond motifs is 2. The first-order valence-corrected chi connectivity index (χ1v) is 9.79. The summed E-state index contributed by atoms with van der Waals surface area (Å²) in [4.78, 5) is 23.9. The molecule has 0 atom stereocenters. The van der Waals surface area contributed by atoms with Crippen LogP contribution in [-0.2, 0) is 4.79 Å². The zero-order valence-corrected chi connectivity index (χ0v) is 16.6. The third-order valence-corrected chi connectivity index (χ3v) is 4.92. The molecule has 0 fully saturated rings. The van der Waals surface area contributed by atoms with Crippen LogP contribution in [0.5, 0.6) is 0 Å². The number of nitrogens with one attached hydrogen (secondary N) is 2. The smallest absolute Gasteiger partial charge is 0.271 e. The highest BCUT2D eigenvalue weighted by molar-refractivity contribution is 6.13. The average molecular weight is 395 g/mol. The molecule has 4 aromatic carbocycles. The van der Waals surface area contributed by atoms with Gasteiger partial charge in [-0.2, -0.15) is 5.10 Å². The van der Waals surface area contributed by atoms with Crippen LogP contribution in [0.15, 0.2) is 84.0 Å². The Morgan fingerprint density at radius 1 is 0.867 bits per heavy atom. The van der Waals surface area contributed by atoms with Crippen molar-refractivity contribution < 1.29 is 9.59 Å². The third-order valence-electron chi connectivity index (χ3n) is 4.92. The van der Waals surface area contributed by atoms with E-state index in [1.807, 2.05) is 36.4 Å². The number of nitrogens with zero attached hydrogens (tertiary/aromatic N) is 1. The van der Waals surface area contributed by atoms with Crippen molar-refractivity contribution in [2.75, 3.05) is 5.32 Å². The van der Waals surface area contributed by atoms with E-state index in [9.17, 15) is 9.59 Å². The Kier molecular flexibility index (Phi) is 5.52. The van der Waals surface area contributed by atoms with Gasteiger partial charge in [0.05, 0.1) is 6.21 Å². The van der Waals surface area contributed by atoms with Gasteiger partial charge in [-0.1, -0.05) is 55.5 Å². The summed E-state index contributed by atoms with van der Waals surface area (Å²) in [5.74, 6) is -0.386. The quantitative estimate of drug-likeness (QED) is 0.280. The number of anilines is 1. The second kappa shape index (κ2) is 8.57. The van der Waals surface area contributed by atoms with Gasteiger partial charge in [0, 0.05) is 23.2 Å². The minimum Gasteiger partial charge on any atom is -0.326 e. The lowest BCUT2D eigenvalue weighted by atomic mass is 9.97. The van der Waals surface area contributed by atoms with E-state index in [0.717, 1.165) is 27.1 Å². The van der Waals surface area contributed by atoms with Gasteiger partial charge in [-0.25, -0.2) is 5.43 Å². The minimum absolute atomic E-state index is 0.0703. The lowest BCUT2D eigenvalue weighted by Crippen LogP contribution is -2.17. The normalized spacial score (nSPS) is 11.1. The fourth-order valence-corrected chi connectivity index (χ4v) is 3.36. The molecule has 5 heteroatoms. The van der Waals surface area contributed by atoms with Crippen molar-refractivity contribution in [2.24, 2.45) is 5.10 Å². The monoisotopic (exact) mass is 395 g/mol. The van der Waals surface area contributed by atoms with Gasteiger partial charge in [-0.15, -0.1) is 0 Å². The molecule has 0 heterocycles. The van der Waals surface area contributed by atoms with Crippen molar-refractivity contribution in [3.63, 3.8) is 0 Å². The van der Waals surface area contributed by atoms with Crippen LogP contribution < -0.4 is 10.7 Å². The molecule has 2 N–H and O–H groups in total. The Labute approximate surface area is 174 Å². The van der Waals surface area contributed by atoms with Gasteiger partial charge >= 0.3 is 0 Å². The van der Waals surface area contributed by atoms with Gasteiger partial charge < -0.3 is 5.32 Å². The van der Waals surface area contributed by atoms with E-state index in [-0.39, 0.29) is 11.8 Å². The minimum atomic E-state index is -0.316. The number of rotatable bonds is 5. The van der Waals surface area contributed by atoms with Gasteiger partial charge in [0.2, 0.25) is 5.91 Å². The molecule has 5 nitrogen and oxygen atoms in total. The zero-order chi connectivity index (χ0) is 20.9. The van der Waals surface area contributed by atoms with Crippen LogP contribution in [0.25, 0.3) is 21.5 Å². The summed E-state index contributed by atoms with van der Waals surface area (Å²) < 4.78 is 0. The van der Waals surface area contributed by atoms with Crippen LogP contribution in [0, 0.1) is 0 Å². The molecule has 4 rings (SSSR count). The average Bonchev–Trinajstić information content (AvgIpc) is 2.78. The number of carbonyl (C=O) groups is 2. The number of hydrogen-bond donors (Lipinski definition) is 2. The second-order valence-corrected chi connectivity index (χ2v) is 6.91. The fourth-order valence-electron chi connectivity index (χ4n) is 3.36. The Morgan fingerprint density at radius 2 is 1.47 bits per heavy atom. The lowest BCUT2D eigenvalue weighted by molar-refractivity contribution is -0.115. The molecule has 0 saturated carbocycles. The predicted molar refractivity (Wildman–Crippen MR) is 122 cm³/mol. The maximum absolute atomic E-state index is 12.4. The molecule has 4 aromatic rings. The van der Waals surface area contributed by atoms with Crippen LogP contribution in [0.3, 0.4) is 0 Å². The van der Waals surface area contributed by atoms with E-state index in [0.29, 0.717) is 17.7 Å². The van der Waals surface area contributed by atoms with Crippen LogP contribution >= 0.6 is 0 Å². The van der Waals surface area contributed by atoms with E-state index in [2.05, 4.69) is 34.0 Å². The lowest BCUT2D eigenvalue weighted by Gasteiger charge is -2.08. The largest absolute Gasteiger partial charge is 0.326 e. The molecule has 0 aromatic heterocycles. The number of benzene rings is 4. The number of amides is 2. The highest BCUT2D eigenvalue weighted by Crippen LogP contribution is 2.27. The van der Waals surface area contributed by atoms with Crippen molar-refractivity contribution in [1.29, 1.82) is 0 Å². The molecule has 0 bridgehead atoms. The van der Waals surface area contributed by atoms with Gasteiger partial charge in [0.1, 0.15) is 0 Å². The van der Waals surface area contributed by atoms with Gasteiger partial charge in [0.15, 0.2) is 0 Å². The Bertz CT molecular complexity index is 1210. The first-order chi connectivity index (χ1) is 14.7. The Balaban J connectivity index is 1.56. The molecule has 148 valence electrons. The molecule has 0 aliphatic rings. The molecule has 0 saturated heterocycles. The number of hydrogen-bond acceptors (Lipinski definition) is 3. The van der Waals surface area contributed by atoms with Crippen molar-refractivity contribution in [3.8, 4) is 0 Å². The Morgan fingerprint density at radius 3 is 2.07 bits per heavy atom. The van der Waals surface area contributed by atoms with E-state index in [1.54, 1.807) is 37.4 Å². The topological polar surface area (TPSA) is 70.6 Å². The summed E-state index contributed by atoms with van der Waals surface area (Å²) in [5.41, 5.74) is 4.67. The summed E-state index contributed by atoms with van der Waals surface area (Å²) in [7, 11) is 0. The van der Waals surface area contributed by atoms with Gasteiger partial charge in [0.25, 0.3) is 5.91 Å². The van der Waals surface area contributed by atoms with Crippen LogP contribution in [0.2, 0.25) is 0 Å². The van der Waals surface area contributed by atoms with Crippen molar-refractivity contribution in [1.82, 2.24) is 5.43 Å². The molecule has 0 unspecified atom stereocenters. The van der Waals surface area contributed by atoms with E-state index >= 15 is 0 Å². The molecule has 0 aliphatic carbocycles. The molecular weight excluding hydrogens is 374 g/mol. The van der Waals surface area contributed by atoms with Gasteiger partial charge in [-0.3, -0.25) is 9.59 Å². The summed E-state index contributed by atoms with van der Waals surface area (Å²) in [6.45, 7) is 1.79. The van der Waals surface area contributed by atoms with Crippen LogP contribution in [0.4, 0.5) is 5.69 Å². The zero-order valence-electron chi connectivity index (χ0n) is 16.6. The number of hydrazone groups is 1. The maximum Gasteiger partial charge on any atom is 0.271 e. The Hall–Kier alpha value is -3.99. The predicted octanol–water partition coefficient (Wildman–Crippen LogP) is 5.11. The van der Waals surface area contributed by atoms with Crippen molar-refractivity contribution in [3.05, 3.63) is 90.0 Å². The first kappa shape index (κ1) is 19.3. The molecule has 0 spiro atoms.